The number of ether oxygens (including phenoxy) is 1. The average molecular weight is 357 g/mol. The molecule has 0 fully saturated rings. The first-order chi connectivity index (χ1) is 11.2. The zero-order chi connectivity index (χ0) is 17.9. The Hall–Kier alpha value is -2.68. The molecule has 0 aromatic heterocycles. The molecule has 0 aliphatic carbocycles. The van der Waals surface area contributed by atoms with Crippen molar-refractivity contribution in [1.29, 1.82) is 0 Å². The van der Waals surface area contributed by atoms with Gasteiger partial charge in [0.15, 0.2) is 0 Å². The fourth-order valence-electron chi connectivity index (χ4n) is 1.92. The lowest BCUT2D eigenvalue weighted by Gasteiger charge is -2.10. The molecule has 2 aromatic rings. The van der Waals surface area contributed by atoms with Crippen LogP contribution in [-0.2, 0) is 10.0 Å². The van der Waals surface area contributed by atoms with Crippen molar-refractivity contribution in [3.63, 3.8) is 0 Å². The molecule has 2 aromatic carbocycles. The Balaban J connectivity index is 2.25. The molecule has 2 N–H and O–H groups in total. The van der Waals surface area contributed by atoms with Crippen molar-refractivity contribution < 1.29 is 31.8 Å². The number of halogens is 2. The van der Waals surface area contributed by atoms with E-state index >= 15 is 0 Å². The summed E-state index contributed by atoms with van der Waals surface area (Å²) >= 11 is 0. The molecule has 0 spiro atoms. The highest BCUT2D eigenvalue weighted by Crippen LogP contribution is 2.22. The number of carbonyl (C=O) groups is 1. The van der Waals surface area contributed by atoms with Crippen LogP contribution in [0.15, 0.2) is 47.4 Å². The second kappa shape index (κ2) is 6.83. The highest BCUT2D eigenvalue weighted by molar-refractivity contribution is 7.92. The molecule has 0 saturated heterocycles. The lowest BCUT2D eigenvalue weighted by Crippen LogP contribution is -2.14. The molecule has 0 radical (unpaired) electrons. The molecule has 2 rings (SSSR count). The van der Waals surface area contributed by atoms with Gasteiger partial charge in [-0.1, -0.05) is 6.07 Å². The third-order valence-electron chi connectivity index (χ3n) is 3.08. The zero-order valence-electron chi connectivity index (χ0n) is 12.4. The Morgan fingerprint density at radius 2 is 1.79 bits per heavy atom. The monoisotopic (exact) mass is 357 g/mol. The van der Waals surface area contributed by atoms with Crippen molar-refractivity contribution in [2.75, 3.05) is 4.72 Å². The molecule has 0 saturated carbocycles. The van der Waals surface area contributed by atoms with Crippen LogP contribution in [0.1, 0.15) is 15.9 Å². The standard InChI is InChI=1S/C15H13F2NO5S/c1-9-2-7-12(8-13(9)14(19)20)24(21,22)18-10-3-5-11(6-4-10)23-15(16)17/h2-8,15,18H,1H3,(H,19,20). The second-order valence-corrected chi connectivity index (χ2v) is 6.47. The van der Waals surface area contributed by atoms with E-state index < -0.39 is 22.6 Å². The summed E-state index contributed by atoms with van der Waals surface area (Å²) in [7, 11) is -4.02. The summed E-state index contributed by atoms with van der Waals surface area (Å²) in [5.41, 5.74) is 0.419. The summed E-state index contributed by atoms with van der Waals surface area (Å²) in [6.07, 6.45) is 0. The van der Waals surface area contributed by atoms with Crippen molar-refractivity contribution in [1.82, 2.24) is 0 Å². The first-order valence-electron chi connectivity index (χ1n) is 6.60. The molecular formula is C15H13F2NO5S. The third-order valence-corrected chi connectivity index (χ3v) is 4.46. The lowest BCUT2D eigenvalue weighted by atomic mass is 10.1. The molecule has 0 bridgehead atoms. The van der Waals surface area contributed by atoms with Crippen molar-refractivity contribution in [2.45, 2.75) is 18.4 Å². The van der Waals surface area contributed by atoms with Gasteiger partial charge in [-0.3, -0.25) is 4.72 Å². The maximum atomic E-state index is 12.3. The molecule has 0 heterocycles. The third kappa shape index (κ3) is 4.19. The first kappa shape index (κ1) is 17.7. The highest BCUT2D eigenvalue weighted by Gasteiger charge is 2.18. The van der Waals surface area contributed by atoms with E-state index in [2.05, 4.69) is 9.46 Å². The SMILES string of the molecule is Cc1ccc(S(=O)(=O)Nc2ccc(OC(F)F)cc2)cc1C(=O)O. The van der Waals surface area contributed by atoms with Crippen LogP contribution in [-0.4, -0.2) is 26.1 Å². The molecule has 24 heavy (non-hydrogen) atoms. The Morgan fingerprint density at radius 1 is 1.17 bits per heavy atom. The Bertz CT molecular complexity index is 851. The molecule has 6 nitrogen and oxygen atoms in total. The number of carboxylic acids is 1. The fourth-order valence-corrected chi connectivity index (χ4v) is 3.00. The Kier molecular flexibility index (Phi) is 5.03. The molecule has 128 valence electrons. The van der Waals surface area contributed by atoms with Crippen LogP contribution in [0.3, 0.4) is 0 Å². The van der Waals surface area contributed by atoms with Crippen LogP contribution >= 0.6 is 0 Å². The van der Waals surface area contributed by atoms with Crippen molar-refractivity contribution in [3.8, 4) is 5.75 Å². The van der Waals surface area contributed by atoms with Gasteiger partial charge in [0.25, 0.3) is 10.0 Å². The van der Waals surface area contributed by atoms with Crippen LogP contribution < -0.4 is 9.46 Å². The predicted molar refractivity (Wildman–Crippen MR) is 82.0 cm³/mol. The number of alkyl halides is 2. The van der Waals surface area contributed by atoms with E-state index in [9.17, 15) is 22.0 Å². The average Bonchev–Trinajstić information content (AvgIpc) is 2.48. The van der Waals surface area contributed by atoms with E-state index in [1.165, 1.54) is 36.4 Å². The van der Waals surface area contributed by atoms with E-state index in [0.29, 0.717) is 5.56 Å². The maximum absolute atomic E-state index is 12.3. The van der Waals surface area contributed by atoms with E-state index in [-0.39, 0.29) is 21.9 Å². The van der Waals surface area contributed by atoms with E-state index in [1.807, 2.05) is 0 Å². The predicted octanol–water partition coefficient (Wildman–Crippen LogP) is 3.10. The van der Waals surface area contributed by atoms with Gasteiger partial charge in [-0.05, 0) is 48.9 Å². The number of anilines is 1. The van der Waals surface area contributed by atoms with Crippen molar-refractivity contribution in [2.24, 2.45) is 0 Å². The molecule has 0 atom stereocenters. The summed E-state index contributed by atoms with van der Waals surface area (Å²) in [6.45, 7) is -1.43. The van der Waals surface area contributed by atoms with Gasteiger partial charge in [-0.2, -0.15) is 8.78 Å². The van der Waals surface area contributed by atoms with Gasteiger partial charge in [0.05, 0.1) is 10.5 Å². The van der Waals surface area contributed by atoms with Gasteiger partial charge < -0.3 is 9.84 Å². The van der Waals surface area contributed by atoms with Crippen LogP contribution in [0, 0.1) is 6.92 Å². The smallest absolute Gasteiger partial charge is 0.387 e. The van der Waals surface area contributed by atoms with Gasteiger partial charge in [-0.15, -0.1) is 0 Å². The number of benzene rings is 2. The number of sulfonamides is 1. The normalized spacial score (nSPS) is 11.3. The minimum atomic E-state index is -4.02. The number of hydrogen-bond acceptors (Lipinski definition) is 4. The van der Waals surface area contributed by atoms with Crippen molar-refractivity contribution >= 4 is 21.7 Å². The summed E-state index contributed by atoms with van der Waals surface area (Å²) < 4.78 is 55.1. The Labute approximate surface area is 136 Å². The number of nitrogens with one attached hydrogen (secondary N) is 1. The molecule has 0 aliphatic rings. The number of aryl methyl sites for hydroxylation is 1. The highest BCUT2D eigenvalue weighted by atomic mass is 32.2. The van der Waals surface area contributed by atoms with E-state index in [4.69, 9.17) is 5.11 Å². The fraction of sp³-hybridized carbons (Fsp3) is 0.133. The number of rotatable bonds is 6. The number of aromatic carboxylic acids is 1. The lowest BCUT2D eigenvalue weighted by molar-refractivity contribution is -0.0498. The number of carboxylic acid groups (broad SMARTS) is 1. The van der Waals surface area contributed by atoms with Crippen LogP contribution in [0.2, 0.25) is 0 Å². The second-order valence-electron chi connectivity index (χ2n) is 4.79. The van der Waals surface area contributed by atoms with Gasteiger partial charge in [0, 0.05) is 5.69 Å². The van der Waals surface area contributed by atoms with Crippen molar-refractivity contribution in [3.05, 3.63) is 53.6 Å². The van der Waals surface area contributed by atoms with Gasteiger partial charge in [0.2, 0.25) is 0 Å². The van der Waals surface area contributed by atoms with Gasteiger partial charge in [0.1, 0.15) is 5.75 Å². The van der Waals surface area contributed by atoms with E-state index in [1.54, 1.807) is 6.92 Å². The summed E-state index contributed by atoms with van der Waals surface area (Å²) in [4.78, 5) is 10.9. The first-order valence-corrected chi connectivity index (χ1v) is 8.09. The molecule has 0 amide bonds. The minimum Gasteiger partial charge on any atom is -0.478 e. The van der Waals surface area contributed by atoms with Crippen LogP contribution in [0.4, 0.5) is 14.5 Å². The van der Waals surface area contributed by atoms with Crippen LogP contribution in [0.5, 0.6) is 5.75 Å². The summed E-state index contributed by atoms with van der Waals surface area (Å²) in [5.74, 6) is -1.35. The summed E-state index contributed by atoms with van der Waals surface area (Å²) in [6, 6.07) is 8.58. The van der Waals surface area contributed by atoms with Crippen LogP contribution in [0.25, 0.3) is 0 Å². The molecular weight excluding hydrogens is 344 g/mol. The Morgan fingerprint density at radius 3 is 2.33 bits per heavy atom. The largest absolute Gasteiger partial charge is 0.478 e. The molecule has 9 heteroatoms. The topological polar surface area (TPSA) is 92.7 Å². The van der Waals surface area contributed by atoms with E-state index in [0.717, 1.165) is 6.07 Å². The molecule has 0 unspecified atom stereocenters. The zero-order valence-corrected chi connectivity index (χ0v) is 13.2. The quantitative estimate of drug-likeness (QED) is 0.829. The van der Waals surface area contributed by atoms with Gasteiger partial charge in [-0.25, -0.2) is 13.2 Å². The maximum Gasteiger partial charge on any atom is 0.387 e. The van der Waals surface area contributed by atoms with Gasteiger partial charge >= 0.3 is 12.6 Å². The summed E-state index contributed by atoms with van der Waals surface area (Å²) in [5, 5.41) is 9.06. The molecule has 0 aliphatic heterocycles. The minimum absolute atomic E-state index is 0.114. The number of hydrogen-bond donors (Lipinski definition) is 2.